The summed E-state index contributed by atoms with van der Waals surface area (Å²) < 4.78 is 6.35. The van der Waals surface area contributed by atoms with Gasteiger partial charge in [0.05, 0.1) is 13.2 Å². The van der Waals surface area contributed by atoms with Crippen molar-refractivity contribution in [3.63, 3.8) is 0 Å². The van der Waals surface area contributed by atoms with Gasteiger partial charge >= 0.3 is 0 Å². The molecule has 0 aliphatic carbocycles. The van der Waals surface area contributed by atoms with Crippen LogP contribution in [-0.2, 0) is 6.54 Å². The topological polar surface area (TPSA) is 45.0 Å². The lowest BCUT2D eigenvalue weighted by molar-refractivity contribution is 0.407. The molecular weight excluding hydrogens is 280 g/mol. The first-order chi connectivity index (χ1) is 8.27. The van der Waals surface area contributed by atoms with Crippen molar-refractivity contribution in [2.24, 2.45) is 0 Å². The summed E-state index contributed by atoms with van der Waals surface area (Å²) in [5.41, 5.74) is 1.14. The average molecular weight is 297 g/mol. The molecule has 0 heterocycles. The highest BCUT2D eigenvalue weighted by atomic mass is 79.9. The van der Waals surface area contributed by atoms with Crippen LogP contribution in [0.4, 0.5) is 0 Å². The number of nitriles is 1. The van der Waals surface area contributed by atoms with E-state index < -0.39 is 0 Å². The molecule has 0 aromatic heterocycles. The number of ether oxygens (including phenoxy) is 1. The highest BCUT2D eigenvalue weighted by Crippen LogP contribution is 2.22. The third kappa shape index (κ3) is 5.20. The highest BCUT2D eigenvalue weighted by molar-refractivity contribution is 9.10. The standard InChI is InChI=1S/C13H17BrN2O/c1-17-13-6-5-12(14)9-11(13)10-16-8-4-2-3-7-15/h5-6,9,16H,2-4,8,10H2,1H3. The van der Waals surface area contributed by atoms with Gasteiger partial charge in [-0.2, -0.15) is 5.26 Å². The van der Waals surface area contributed by atoms with Crippen molar-refractivity contribution in [1.29, 1.82) is 5.26 Å². The first-order valence-corrected chi connectivity index (χ1v) is 6.47. The monoisotopic (exact) mass is 296 g/mol. The van der Waals surface area contributed by atoms with Gasteiger partial charge in [0.15, 0.2) is 0 Å². The number of benzene rings is 1. The van der Waals surface area contributed by atoms with E-state index in [1.54, 1.807) is 7.11 Å². The Hall–Kier alpha value is -1.05. The number of nitrogens with one attached hydrogen (secondary N) is 1. The maximum absolute atomic E-state index is 8.41. The van der Waals surface area contributed by atoms with E-state index in [9.17, 15) is 0 Å². The second-order valence-electron chi connectivity index (χ2n) is 3.75. The van der Waals surface area contributed by atoms with Gasteiger partial charge in [-0.3, -0.25) is 0 Å². The second kappa shape index (κ2) is 8.10. The van der Waals surface area contributed by atoms with E-state index >= 15 is 0 Å². The van der Waals surface area contributed by atoms with Crippen molar-refractivity contribution < 1.29 is 4.74 Å². The summed E-state index contributed by atoms with van der Waals surface area (Å²) >= 11 is 3.45. The van der Waals surface area contributed by atoms with Gasteiger partial charge in [0.25, 0.3) is 0 Å². The molecule has 0 saturated heterocycles. The molecule has 1 rings (SSSR count). The average Bonchev–Trinajstić information content (AvgIpc) is 2.34. The SMILES string of the molecule is COc1ccc(Br)cc1CNCCCCC#N. The summed E-state index contributed by atoms with van der Waals surface area (Å²) in [5.74, 6) is 0.901. The fraction of sp³-hybridized carbons (Fsp3) is 0.462. The molecule has 0 radical (unpaired) electrons. The molecule has 0 saturated carbocycles. The van der Waals surface area contributed by atoms with E-state index in [0.717, 1.165) is 41.7 Å². The van der Waals surface area contributed by atoms with Crippen molar-refractivity contribution >= 4 is 15.9 Å². The number of hydrogen-bond acceptors (Lipinski definition) is 3. The van der Waals surface area contributed by atoms with Gasteiger partial charge in [-0.05, 0) is 37.6 Å². The Kier molecular flexibility index (Phi) is 6.68. The summed E-state index contributed by atoms with van der Waals surface area (Å²) in [7, 11) is 1.68. The van der Waals surface area contributed by atoms with E-state index in [0.29, 0.717) is 6.42 Å². The second-order valence-corrected chi connectivity index (χ2v) is 4.66. The van der Waals surface area contributed by atoms with Gasteiger partial charge in [-0.15, -0.1) is 0 Å². The molecule has 0 aliphatic rings. The third-order valence-electron chi connectivity index (χ3n) is 2.45. The molecule has 0 amide bonds. The van der Waals surface area contributed by atoms with Crippen LogP contribution >= 0.6 is 15.9 Å². The number of methoxy groups -OCH3 is 1. The molecule has 0 aliphatic heterocycles. The Bertz CT molecular complexity index is 387. The minimum absolute atomic E-state index is 0.641. The van der Waals surface area contributed by atoms with E-state index in [1.165, 1.54) is 0 Å². The molecule has 4 heteroatoms. The summed E-state index contributed by atoms with van der Waals surface area (Å²) in [6.07, 6.45) is 2.63. The number of hydrogen-bond donors (Lipinski definition) is 1. The lowest BCUT2D eigenvalue weighted by Crippen LogP contribution is -2.15. The molecule has 0 spiro atoms. The van der Waals surface area contributed by atoms with Crippen molar-refractivity contribution in [1.82, 2.24) is 5.32 Å². The fourth-order valence-electron chi connectivity index (χ4n) is 1.56. The zero-order chi connectivity index (χ0) is 12.5. The van der Waals surface area contributed by atoms with Gasteiger partial charge in [-0.25, -0.2) is 0 Å². The normalized spacial score (nSPS) is 9.94. The Morgan fingerprint density at radius 1 is 1.41 bits per heavy atom. The van der Waals surface area contributed by atoms with Crippen molar-refractivity contribution in [3.05, 3.63) is 28.2 Å². The zero-order valence-corrected chi connectivity index (χ0v) is 11.6. The molecular formula is C13H17BrN2O. The smallest absolute Gasteiger partial charge is 0.123 e. The predicted octanol–water partition coefficient (Wildman–Crippen LogP) is 3.24. The van der Waals surface area contributed by atoms with Crippen LogP contribution in [0.25, 0.3) is 0 Å². The number of nitrogens with zero attached hydrogens (tertiary/aromatic N) is 1. The molecule has 0 bridgehead atoms. The molecule has 17 heavy (non-hydrogen) atoms. The molecule has 0 fully saturated rings. The van der Waals surface area contributed by atoms with Crippen LogP contribution < -0.4 is 10.1 Å². The summed E-state index contributed by atoms with van der Waals surface area (Å²) in [6, 6.07) is 8.13. The number of rotatable bonds is 7. The number of unbranched alkanes of at least 4 members (excludes halogenated alkanes) is 2. The van der Waals surface area contributed by atoms with E-state index in [4.69, 9.17) is 10.00 Å². The Balaban J connectivity index is 2.35. The fourth-order valence-corrected chi connectivity index (χ4v) is 1.97. The Labute approximate surface area is 111 Å². The first-order valence-electron chi connectivity index (χ1n) is 5.68. The molecule has 1 N–H and O–H groups in total. The number of halogens is 1. The quantitative estimate of drug-likeness (QED) is 0.786. The zero-order valence-electron chi connectivity index (χ0n) is 10.0. The van der Waals surface area contributed by atoms with Crippen LogP contribution in [0.15, 0.2) is 22.7 Å². The lowest BCUT2D eigenvalue weighted by atomic mass is 10.2. The molecule has 1 aromatic rings. The predicted molar refractivity (Wildman–Crippen MR) is 71.9 cm³/mol. The molecule has 0 unspecified atom stereocenters. The van der Waals surface area contributed by atoms with Gasteiger partial charge in [0.1, 0.15) is 5.75 Å². The van der Waals surface area contributed by atoms with Gasteiger partial charge < -0.3 is 10.1 Å². The van der Waals surface area contributed by atoms with Crippen LogP contribution in [0.1, 0.15) is 24.8 Å². The maximum atomic E-state index is 8.41. The summed E-state index contributed by atoms with van der Waals surface area (Å²) in [5, 5.41) is 11.8. The Morgan fingerprint density at radius 2 is 2.24 bits per heavy atom. The largest absolute Gasteiger partial charge is 0.496 e. The van der Waals surface area contributed by atoms with E-state index in [2.05, 4.69) is 33.4 Å². The van der Waals surface area contributed by atoms with Crippen molar-refractivity contribution in [3.8, 4) is 11.8 Å². The first kappa shape index (κ1) is 14.0. The van der Waals surface area contributed by atoms with Crippen LogP contribution in [0.2, 0.25) is 0 Å². The molecule has 0 atom stereocenters. The lowest BCUT2D eigenvalue weighted by Gasteiger charge is -2.10. The minimum atomic E-state index is 0.641. The van der Waals surface area contributed by atoms with Crippen molar-refractivity contribution in [2.45, 2.75) is 25.8 Å². The molecule has 92 valence electrons. The van der Waals surface area contributed by atoms with E-state index in [-0.39, 0.29) is 0 Å². The summed E-state index contributed by atoms with van der Waals surface area (Å²) in [6.45, 7) is 1.71. The van der Waals surface area contributed by atoms with Crippen LogP contribution in [0.3, 0.4) is 0 Å². The summed E-state index contributed by atoms with van der Waals surface area (Å²) in [4.78, 5) is 0. The van der Waals surface area contributed by atoms with Gasteiger partial charge in [-0.1, -0.05) is 15.9 Å². The maximum Gasteiger partial charge on any atom is 0.123 e. The molecule has 1 aromatic carbocycles. The van der Waals surface area contributed by atoms with Gasteiger partial charge in [0, 0.05) is 23.0 Å². The minimum Gasteiger partial charge on any atom is -0.496 e. The van der Waals surface area contributed by atoms with Crippen LogP contribution in [-0.4, -0.2) is 13.7 Å². The third-order valence-corrected chi connectivity index (χ3v) is 2.94. The van der Waals surface area contributed by atoms with Crippen molar-refractivity contribution in [2.75, 3.05) is 13.7 Å². The van der Waals surface area contributed by atoms with E-state index in [1.807, 2.05) is 12.1 Å². The molecule has 3 nitrogen and oxygen atoms in total. The highest BCUT2D eigenvalue weighted by Gasteiger charge is 2.02. The Morgan fingerprint density at radius 3 is 2.94 bits per heavy atom. The van der Waals surface area contributed by atoms with Gasteiger partial charge in [0.2, 0.25) is 0 Å². The van der Waals surface area contributed by atoms with Crippen LogP contribution in [0, 0.1) is 11.3 Å². The van der Waals surface area contributed by atoms with Crippen LogP contribution in [0.5, 0.6) is 5.75 Å².